The van der Waals surface area contributed by atoms with Crippen molar-refractivity contribution in [3.8, 4) is 46.0 Å². The predicted octanol–water partition coefficient (Wildman–Crippen LogP) is 25.9. The Morgan fingerprint density at radius 1 is 0.281 bits per heavy atom. The monoisotopic (exact) mass is 1570 g/mol. The maximum absolute atomic E-state index is 13.3. The molecule has 1 atom stereocenters. The summed E-state index contributed by atoms with van der Waals surface area (Å²) < 4.78 is 54.8. The number of hydrogen-bond donors (Lipinski definition) is 5. The van der Waals surface area contributed by atoms with Crippen LogP contribution in [0.3, 0.4) is 0 Å². The van der Waals surface area contributed by atoms with Gasteiger partial charge in [-0.15, -0.1) is 0 Å². The van der Waals surface area contributed by atoms with Crippen molar-refractivity contribution in [3.63, 3.8) is 0 Å². The van der Waals surface area contributed by atoms with Gasteiger partial charge in [0, 0.05) is 27.1 Å². The molecule has 3 aromatic heterocycles. The lowest BCUT2D eigenvalue weighted by Crippen LogP contribution is -2.20. The van der Waals surface area contributed by atoms with Gasteiger partial charge in [-0.25, -0.2) is 25.0 Å². The summed E-state index contributed by atoms with van der Waals surface area (Å²) in [6, 6.07) is 8.23. The number of aromatic hydroxyl groups is 2. The van der Waals surface area contributed by atoms with Crippen LogP contribution in [0.5, 0.6) is 46.0 Å². The van der Waals surface area contributed by atoms with E-state index >= 15 is 0 Å². The van der Waals surface area contributed by atoms with Gasteiger partial charge in [0.2, 0.25) is 11.5 Å². The van der Waals surface area contributed by atoms with Gasteiger partial charge < -0.3 is 63.1 Å². The van der Waals surface area contributed by atoms with Gasteiger partial charge in [0.05, 0.1) is 69.5 Å². The number of phenolic OH excluding ortho intramolecular Hbond substituents is 2. The zero-order valence-corrected chi connectivity index (χ0v) is 72.0. The Hall–Kier alpha value is -7.63. The molecule has 6 aromatic rings. The molecule has 5 heterocycles. The van der Waals surface area contributed by atoms with E-state index in [4.69, 9.17) is 62.9 Å². The minimum atomic E-state index is -0.574. The number of H-pyrrole nitrogens is 3. The van der Waals surface area contributed by atoms with Crippen LogP contribution in [-0.4, -0.2) is 83.9 Å². The highest BCUT2D eigenvalue weighted by atomic mass is 16.5. The van der Waals surface area contributed by atoms with E-state index in [1.165, 1.54) is 128 Å². The number of allylic oxidation sites excluding steroid dienone is 1. The average molecular weight is 1570 g/mol. The standard InChI is InChI=1S/C96H148N8O10/c1-9-17-25-33-41-49-57-107-77-65-71-72(66-78(77)108-58-50-42-34-26-18-10-2)90-97-89(71)98-91-73-67-79(109-59-51-43-35-27-19-11-3)81(111-61-53-45-37-29-21-13-5)69-75(73)93(100-91)102-95-83-84(86(106)88(114-64-56-48-40-32-24-16-8)87(85(83)105)113-63-55-47-39-31-23-15-7)96(104-95)103-94-76-70-82(112-62-54-46-38-30-22-14-6)80(68-74(76)92(99-90)101-94)110-60-52-44-36-28-20-12-4/h65-70,73,101,105-106H,9-64H2,1-8H3,(H,102,103,104)(H,97,98,99,100). The Kier molecular flexibility index (Phi) is 41.3. The molecule has 18 heteroatoms. The van der Waals surface area contributed by atoms with Gasteiger partial charge in [0.15, 0.2) is 51.8 Å². The maximum Gasteiger partial charge on any atom is 0.208 e. The molecule has 5 N–H and O–H groups in total. The Bertz CT molecular complexity index is 4220. The number of nitrogens with one attached hydrogen (secondary N) is 3. The zero-order valence-electron chi connectivity index (χ0n) is 72.0. The van der Waals surface area contributed by atoms with Gasteiger partial charge in [-0.2, -0.15) is 0 Å². The summed E-state index contributed by atoms with van der Waals surface area (Å²) in [4.78, 5) is 39.1. The first-order valence-corrected chi connectivity index (χ1v) is 46.4. The third kappa shape index (κ3) is 27.8. The molecule has 114 heavy (non-hydrogen) atoms. The Morgan fingerprint density at radius 2 is 0.561 bits per heavy atom. The summed E-state index contributed by atoms with van der Waals surface area (Å²) in [5, 5.41) is 30.0. The number of unbranched alkanes of at least 4 members (excludes halogenated alkanes) is 40. The predicted molar refractivity (Wildman–Crippen MR) is 468 cm³/mol. The fraction of sp³-hybridized carbons (Fsp3) is 0.677. The van der Waals surface area contributed by atoms with Crippen LogP contribution in [0.25, 0.3) is 32.3 Å². The van der Waals surface area contributed by atoms with E-state index in [1.807, 2.05) is 18.2 Å². The van der Waals surface area contributed by atoms with Crippen molar-refractivity contribution in [2.75, 3.05) is 52.9 Å². The van der Waals surface area contributed by atoms with E-state index in [1.54, 1.807) is 0 Å². The van der Waals surface area contributed by atoms with Crippen LogP contribution >= 0.6 is 0 Å². The maximum atomic E-state index is 13.3. The molecule has 1 aliphatic carbocycles. The van der Waals surface area contributed by atoms with Gasteiger partial charge in [0.1, 0.15) is 39.4 Å². The molecule has 0 saturated heterocycles. The van der Waals surface area contributed by atoms with Crippen molar-refractivity contribution in [1.82, 2.24) is 15.0 Å². The number of nitrogens with zero attached hydrogens (tertiary/aromatic N) is 5. The number of amidine groups is 1. The van der Waals surface area contributed by atoms with E-state index < -0.39 is 5.92 Å². The van der Waals surface area contributed by atoms with Gasteiger partial charge in [0.25, 0.3) is 0 Å². The third-order valence-electron chi connectivity index (χ3n) is 22.6. The number of aliphatic imine (C=N–C) groups is 1. The lowest BCUT2D eigenvalue weighted by molar-refractivity contribution is 0.143. The van der Waals surface area contributed by atoms with Crippen LogP contribution in [0.1, 0.15) is 364 Å². The molecular formula is C96H148N8O10. The minimum absolute atomic E-state index is 0.0548. The molecule has 3 aliphatic rings. The number of hydrogen-bond acceptors (Lipinski definition) is 15. The fourth-order valence-corrected chi connectivity index (χ4v) is 15.7. The molecule has 2 aliphatic heterocycles. The summed E-state index contributed by atoms with van der Waals surface area (Å²) in [6.07, 6.45) is 57.1. The van der Waals surface area contributed by atoms with Crippen LogP contribution in [0, 0.1) is 5.92 Å². The third-order valence-corrected chi connectivity index (χ3v) is 22.6. The van der Waals surface area contributed by atoms with Gasteiger partial charge in [-0.05, 0) is 87.8 Å². The van der Waals surface area contributed by atoms with Crippen molar-refractivity contribution in [2.24, 2.45) is 30.9 Å². The van der Waals surface area contributed by atoms with E-state index in [-0.39, 0.29) is 44.7 Å². The highest BCUT2D eigenvalue weighted by Gasteiger charge is 2.35. The first-order chi connectivity index (χ1) is 56.2. The number of fused-ring (bicyclic) bond motifs is 18. The molecule has 632 valence electrons. The first-order valence-electron chi connectivity index (χ1n) is 46.4. The number of aromatic nitrogens is 3. The zero-order chi connectivity index (χ0) is 80.2. The van der Waals surface area contributed by atoms with E-state index in [0.717, 1.165) is 202 Å². The Labute approximate surface area is 683 Å². The summed E-state index contributed by atoms with van der Waals surface area (Å²) >= 11 is 0. The number of benzene rings is 3. The van der Waals surface area contributed by atoms with Crippen molar-refractivity contribution >= 4 is 49.8 Å². The quantitative estimate of drug-likeness (QED) is 0.0179. The minimum Gasteiger partial charge on any atom is -0.504 e. The molecular weight excluding hydrogens is 1430 g/mol. The van der Waals surface area contributed by atoms with Gasteiger partial charge >= 0.3 is 0 Å². The van der Waals surface area contributed by atoms with Gasteiger partial charge in [-0.1, -0.05) is 312 Å². The van der Waals surface area contributed by atoms with E-state index in [9.17, 15) is 10.2 Å². The van der Waals surface area contributed by atoms with Crippen LogP contribution < -0.4 is 50.4 Å². The molecule has 8 bridgehead atoms. The lowest BCUT2D eigenvalue weighted by Gasteiger charge is -2.22. The number of aromatic amines is 3. The topological polar surface area (TPSA) is 223 Å². The molecule has 3 aromatic carbocycles. The lowest BCUT2D eigenvalue weighted by atomic mass is 9.93. The summed E-state index contributed by atoms with van der Waals surface area (Å²) in [5.41, 5.74) is 2.17. The van der Waals surface area contributed by atoms with Gasteiger partial charge in [-0.3, -0.25) is 0 Å². The summed E-state index contributed by atoms with van der Waals surface area (Å²) in [7, 11) is 0. The highest BCUT2D eigenvalue weighted by molar-refractivity contribution is 6.03. The second kappa shape index (κ2) is 52.1. The second-order valence-corrected chi connectivity index (χ2v) is 32.4. The normalized spacial score (nSPS) is 14.2. The highest BCUT2D eigenvalue weighted by Crippen LogP contribution is 2.50. The molecule has 18 nitrogen and oxygen atoms in total. The van der Waals surface area contributed by atoms with Crippen molar-refractivity contribution < 1.29 is 48.1 Å². The van der Waals surface area contributed by atoms with Crippen LogP contribution in [0.15, 0.2) is 84.3 Å². The number of phenols is 2. The van der Waals surface area contributed by atoms with Crippen LogP contribution in [0.4, 0.5) is 11.6 Å². The van der Waals surface area contributed by atoms with Crippen molar-refractivity contribution in [1.29, 1.82) is 0 Å². The molecule has 0 spiro atoms. The van der Waals surface area contributed by atoms with Crippen molar-refractivity contribution in [2.45, 2.75) is 364 Å². The first kappa shape index (κ1) is 90.3. The second-order valence-electron chi connectivity index (χ2n) is 32.4. The average Bonchev–Trinajstić information content (AvgIpc) is 1.57. The Morgan fingerprint density at radius 3 is 0.921 bits per heavy atom. The largest absolute Gasteiger partial charge is 0.504 e. The summed E-state index contributed by atoms with van der Waals surface area (Å²) in [6.45, 7) is 21.7. The molecule has 1 unspecified atom stereocenters. The van der Waals surface area contributed by atoms with Crippen LogP contribution in [-0.2, 0) is 9.47 Å². The molecule has 0 amide bonds. The van der Waals surface area contributed by atoms with Crippen molar-refractivity contribution in [3.05, 3.63) is 81.3 Å². The molecule has 9 rings (SSSR count). The molecule has 0 radical (unpaired) electrons. The number of ether oxygens (including phenoxy) is 8. The number of rotatable bonds is 64. The van der Waals surface area contributed by atoms with E-state index in [0.29, 0.717) is 127 Å². The van der Waals surface area contributed by atoms with E-state index in [2.05, 4.69) is 88.6 Å². The smallest absolute Gasteiger partial charge is 0.208 e. The van der Waals surface area contributed by atoms with Crippen LogP contribution in [0.2, 0.25) is 0 Å². The fourth-order valence-electron chi connectivity index (χ4n) is 15.7. The Balaban J connectivity index is 1.33. The summed E-state index contributed by atoms with van der Waals surface area (Å²) in [5.74, 6) is 4.50. The molecule has 0 saturated carbocycles. The molecule has 0 fully saturated rings. The SMILES string of the molecule is CCCCCCCCOC1=CC2=C3N=C(N=c4[nH]/c(c5cc(OCCCCCCCC)c(OCCCCCCCC)cc45)=N\c4[nH]c(c5cc(OCCCCCCCC)c(OCCCCCCCC)cc45)N=c4[nH]c(c5c(O)c(OCCCCCCCC)c(OCCCCCCCC)c(O)c45)=N3)C2C=C1OCCCCCCCC.